The van der Waals surface area contributed by atoms with Crippen LogP contribution in [0, 0.1) is 0 Å². The van der Waals surface area contributed by atoms with E-state index in [4.69, 9.17) is 10.5 Å². The highest BCUT2D eigenvalue weighted by atomic mass is 32.2. The van der Waals surface area contributed by atoms with Gasteiger partial charge in [-0.3, -0.25) is 0 Å². The molecule has 0 bridgehead atoms. The van der Waals surface area contributed by atoms with Crippen LogP contribution in [0.3, 0.4) is 0 Å². The van der Waals surface area contributed by atoms with Gasteiger partial charge in [0.25, 0.3) is 0 Å². The minimum absolute atomic E-state index is 0.107. The molecule has 0 aliphatic carbocycles. The zero-order valence-corrected chi connectivity index (χ0v) is 13.9. The highest BCUT2D eigenvalue weighted by Crippen LogP contribution is 2.41. The number of thiophene rings is 1. The Balaban J connectivity index is 2.07. The summed E-state index contributed by atoms with van der Waals surface area (Å²) in [6.45, 7) is 8.68. The minimum atomic E-state index is -0.107. The number of rotatable bonds is 4. The van der Waals surface area contributed by atoms with Gasteiger partial charge in [0.05, 0.1) is 17.6 Å². The largest absolute Gasteiger partial charge is 0.383 e. The number of ether oxygens (including phenoxy) is 1. The van der Waals surface area contributed by atoms with E-state index >= 15 is 0 Å². The second-order valence-electron chi connectivity index (χ2n) is 5.44. The predicted molar refractivity (Wildman–Crippen MR) is 89.9 cm³/mol. The van der Waals surface area contributed by atoms with Crippen molar-refractivity contribution in [2.24, 2.45) is 0 Å². The van der Waals surface area contributed by atoms with Crippen LogP contribution in [-0.2, 0) is 17.8 Å². The van der Waals surface area contributed by atoms with Crippen LogP contribution in [0.5, 0.6) is 0 Å². The minimum Gasteiger partial charge on any atom is -0.383 e. The first-order valence-electron chi connectivity index (χ1n) is 7.01. The average Bonchev–Trinajstić information content (AvgIpc) is 2.83. The van der Waals surface area contributed by atoms with E-state index in [9.17, 15) is 0 Å². The fourth-order valence-electron chi connectivity index (χ4n) is 2.50. The predicted octanol–water partition coefficient (Wildman–Crippen LogP) is 3.79. The van der Waals surface area contributed by atoms with E-state index < -0.39 is 0 Å². The number of aromatic nitrogens is 2. The van der Waals surface area contributed by atoms with Gasteiger partial charge in [0.2, 0.25) is 0 Å². The first-order chi connectivity index (χ1) is 10.1. The van der Waals surface area contributed by atoms with Crippen molar-refractivity contribution < 1.29 is 4.74 Å². The number of anilines is 1. The molecule has 2 aromatic heterocycles. The van der Waals surface area contributed by atoms with Gasteiger partial charge in [-0.05, 0) is 18.9 Å². The molecular formula is C15H19N3OS2. The zero-order chi connectivity index (χ0) is 15.0. The lowest BCUT2D eigenvalue weighted by atomic mass is 9.90. The Bertz CT molecular complexity index is 698. The van der Waals surface area contributed by atoms with Gasteiger partial charge in [-0.25, -0.2) is 9.97 Å². The van der Waals surface area contributed by atoms with Gasteiger partial charge in [-0.15, -0.1) is 17.9 Å². The summed E-state index contributed by atoms with van der Waals surface area (Å²) in [7, 11) is 0. The van der Waals surface area contributed by atoms with Crippen LogP contribution >= 0.6 is 23.1 Å². The highest BCUT2D eigenvalue weighted by molar-refractivity contribution is 7.99. The van der Waals surface area contributed by atoms with Crippen molar-refractivity contribution in [3.63, 3.8) is 0 Å². The number of fused-ring (bicyclic) bond motifs is 3. The quantitative estimate of drug-likeness (QED) is 0.527. The van der Waals surface area contributed by atoms with Crippen molar-refractivity contribution in [2.75, 3.05) is 11.5 Å². The summed E-state index contributed by atoms with van der Waals surface area (Å²) in [6.07, 6.45) is 3.71. The van der Waals surface area contributed by atoms with Gasteiger partial charge in [-0.2, -0.15) is 0 Å². The first-order valence-corrected chi connectivity index (χ1v) is 8.82. The van der Waals surface area contributed by atoms with Crippen molar-refractivity contribution >= 4 is 39.1 Å². The fraction of sp³-hybridized carbons (Fsp3) is 0.467. The topological polar surface area (TPSA) is 61.0 Å². The van der Waals surface area contributed by atoms with Crippen molar-refractivity contribution in [2.45, 2.75) is 44.1 Å². The maximum absolute atomic E-state index is 6.20. The van der Waals surface area contributed by atoms with Gasteiger partial charge < -0.3 is 10.5 Å². The van der Waals surface area contributed by atoms with Crippen molar-refractivity contribution in [1.82, 2.24) is 9.97 Å². The van der Waals surface area contributed by atoms with Gasteiger partial charge in [0.1, 0.15) is 10.6 Å². The van der Waals surface area contributed by atoms with Gasteiger partial charge in [0.15, 0.2) is 5.16 Å². The lowest BCUT2D eigenvalue weighted by Gasteiger charge is -2.33. The summed E-state index contributed by atoms with van der Waals surface area (Å²) in [5, 5.41) is 1.75. The SMILES string of the molecule is C=CCSc1nc(N)c2c3c(sc2n1)CO[C@](C)(CC)C3. The van der Waals surface area contributed by atoms with Crippen LogP contribution in [0.15, 0.2) is 17.8 Å². The van der Waals surface area contributed by atoms with E-state index in [0.29, 0.717) is 12.4 Å². The first kappa shape index (κ1) is 14.8. The van der Waals surface area contributed by atoms with Gasteiger partial charge in [0, 0.05) is 17.1 Å². The number of hydrogen-bond donors (Lipinski definition) is 1. The van der Waals surface area contributed by atoms with E-state index in [0.717, 1.165) is 34.0 Å². The number of nitrogen functional groups attached to an aromatic ring is 1. The number of thioether (sulfide) groups is 1. The number of nitrogens with zero attached hydrogens (tertiary/aromatic N) is 2. The molecule has 0 fully saturated rings. The van der Waals surface area contributed by atoms with Crippen LogP contribution in [0.25, 0.3) is 10.2 Å². The Morgan fingerprint density at radius 1 is 1.52 bits per heavy atom. The normalized spacial score (nSPS) is 21.4. The molecule has 1 aliphatic rings. The van der Waals surface area contributed by atoms with Crippen molar-refractivity contribution in [1.29, 1.82) is 0 Å². The summed E-state index contributed by atoms with van der Waals surface area (Å²) in [5.41, 5.74) is 7.38. The Labute approximate surface area is 132 Å². The van der Waals surface area contributed by atoms with Gasteiger partial charge in [-0.1, -0.05) is 24.8 Å². The lowest BCUT2D eigenvalue weighted by Crippen LogP contribution is -2.33. The molecule has 1 atom stereocenters. The van der Waals surface area contributed by atoms with Crippen LogP contribution < -0.4 is 5.73 Å². The number of nitrogens with two attached hydrogens (primary N) is 1. The zero-order valence-electron chi connectivity index (χ0n) is 12.3. The third-order valence-corrected chi connectivity index (χ3v) is 5.86. The molecule has 1 aliphatic heterocycles. The van der Waals surface area contributed by atoms with Crippen LogP contribution in [0.2, 0.25) is 0 Å². The van der Waals surface area contributed by atoms with E-state index in [2.05, 4.69) is 30.4 Å². The molecule has 0 unspecified atom stereocenters. The second kappa shape index (κ2) is 5.59. The summed E-state index contributed by atoms with van der Waals surface area (Å²) in [6, 6.07) is 0. The monoisotopic (exact) mass is 321 g/mol. The molecule has 3 rings (SSSR count). The Morgan fingerprint density at radius 2 is 2.33 bits per heavy atom. The molecule has 4 nitrogen and oxygen atoms in total. The van der Waals surface area contributed by atoms with Gasteiger partial charge >= 0.3 is 0 Å². The second-order valence-corrected chi connectivity index (χ2v) is 7.51. The fourth-order valence-corrected chi connectivity index (χ4v) is 4.26. The molecule has 0 saturated heterocycles. The summed E-state index contributed by atoms with van der Waals surface area (Å²) in [5.74, 6) is 1.37. The van der Waals surface area contributed by atoms with Crippen LogP contribution in [0.1, 0.15) is 30.7 Å². The van der Waals surface area contributed by atoms with E-state index in [1.54, 1.807) is 23.1 Å². The molecule has 21 heavy (non-hydrogen) atoms. The van der Waals surface area contributed by atoms with E-state index in [-0.39, 0.29) is 5.60 Å². The molecule has 6 heteroatoms. The highest BCUT2D eigenvalue weighted by Gasteiger charge is 2.32. The molecule has 2 N–H and O–H groups in total. The molecular weight excluding hydrogens is 302 g/mol. The van der Waals surface area contributed by atoms with Crippen LogP contribution in [0.4, 0.5) is 5.82 Å². The summed E-state index contributed by atoms with van der Waals surface area (Å²) >= 11 is 3.23. The van der Waals surface area contributed by atoms with Crippen molar-refractivity contribution in [3.05, 3.63) is 23.1 Å². The summed E-state index contributed by atoms with van der Waals surface area (Å²) in [4.78, 5) is 11.3. The lowest BCUT2D eigenvalue weighted by molar-refractivity contribution is -0.0542. The molecule has 0 radical (unpaired) electrons. The number of hydrogen-bond acceptors (Lipinski definition) is 6. The summed E-state index contributed by atoms with van der Waals surface area (Å²) < 4.78 is 6.01. The smallest absolute Gasteiger partial charge is 0.191 e. The maximum atomic E-state index is 6.20. The Hall–Kier alpha value is -1.11. The molecule has 0 saturated carbocycles. The molecule has 3 heterocycles. The molecule has 2 aromatic rings. The van der Waals surface area contributed by atoms with Crippen molar-refractivity contribution in [3.8, 4) is 0 Å². The van der Waals surface area contributed by atoms with E-state index in [1.807, 2.05) is 6.08 Å². The third kappa shape index (κ3) is 2.67. The Morgan fingerprint density at radius 3 is 3.05 bits per heavy atom. The van der Waals surface area contributed by atoms with Crippen LogP contribution in [-0.4, -0.2) is 21.3 Å². The maximum Gasteiger partial charge on any atom is 0.191 e. The van der Waals surface area contributed by atoms with E-state index in [1.165, 1.54) is 10.4 Å². The average molecular weight is 321 g/mol. The molecule has 0 spiro atoms. The molecule has 0 amide bonds. The molecule has 112 valence electrons. The third-order valence-electron chi connectivity index (χ3n) is 3.92. The Kier molecular flexibility index (Phi) is 3.94. The standard InChI is InChI=1S/C15H19N3OS2/c1-4-6-20-14-17-12(16)11-9-7-15(3,5-2)19-8-10(9)21-13(11)18-14/h4H,1,5-8H2,2-3H3,(H2,16,17,18)/t15-/m1/s1. The molecule has 0 aromatic carbocycles.